The molecule has 4 aliphatic rings. The molecule has 4 fully saturated rings. The monoisotopic (exact) mass is 462 g/mol. The van der Waals surface area contributed by atoms with Gasteiger partial charge in [0, 0.05) is 36.4 Å². The number of aromatic hydroxyl groups is 1. The average Bonchev–Trinajstić information content (AvgIpc) is 2.73. The molecule has 2 unspecified atom stereocenters. The van der Waals surface area contributed by atoms with E-state index in [2.05, 4.69) is 20.2 Å². The van der Waals surface area contributed by atoms with E-state index in [0.29, 0.717) is 34.6 Å². The van der Waals surface area contributed by atoms with Gasteiger partial charge in [-0.25, -0.2) is 4.98 Å². The van der Waals surface area contributed by atoms with E-state index >= 15 is 0 Å². The van der Waals surface area contributed by atoms with Crippen LogP contribution in [-0.4, -0.2) is 46.7 Å². The van der Waals surface area contributed by atoms with Crippen molar-refractivity contribution in [2.75, 3.05) is 24.6 Å². The summed E-state index contributed by atoms with van der Waals surface area (Å²) in [5, 5.41) is 13.5. The topological polar surface area (TPSA) is 87.6 Å². The van der Waals surface area contributed by atoms with E-state index in [0.717, 1.165) is 26.1 Å². The van der Waals surface area contributed by atoms with Gasteiger partial charge in [-0.1, -0.05) is 29.6 Å². The lowest BCUT2D eigenvalue weighted by Crippen LogP contribution is -2.64. The SMILES string of the molecule is O=C(NC1C2CC1CN(c1nccc(OCC3CCC3)n1)C2)c1cc(Cl)cc(Cl)c1O. The van der Waals surface area contributed by atoms with Gasteiger partial charge in [0.2, 0.25) is 11.8 Å². The Kier molecular flexibility index (Phi) is 5.56. The van der Waals surface area contributed by atoms with Crippen molar-refractivity contribution in [2.24, 2.45) is 17.8 Å². The molecule has 2 saturated carbocycles. The Morgan fingerprint density at radius 3 is 2.74 bits per heavy atom. The van der Waals surface area contributed by atoms with Gasteiger partial charge in [0.25, 0.3) is 5.91 Å². The van der Waals surface area contributed by atoms with E-state index in [1.165, 1.54) is 31.4 Å². The Morgan fingerprint density at radius 1 is 1.26 bits per heavy atom. The third kappa shape index (κ3) is 4.13. The second kappa shape index (κ2) is 8.36. The number of benzene rings is 1. The Morgan fingerprint density at radius 2 is 2.03 bits per heavy atom. The molecule has 2 aromatic rings. The van der Waals surface area contributed by atoms with Crippen molar-refractivity contribution in [1.82, 2.24) is 15.3 Å². The van der Waals surface area contributed by atoms with Crippen LogP contribution < -0.4 is 15.0 Å². The summed E-state index contributed by atoms with van der Waals surface area (Å²) < 4.78 is 5.85. The number of carbonyl (C=O) groups excluding carboxylic acids is 1. The van der Waals surface area contributed by atoms with Crippen LogP contribution in [0.25, 0.3) is 0 Å². The number of aromatic nitrogens is 2. The van der Waals surface area contributed by atoms with Gasteiger partial charge in [-0.3, -0.25) is 4.79 Å². The van der Waals surface area contributed by atoms with Crippen LogP contribution >= 0.6 is 23.2 Å². The lowest BCUT2D eigenvalue weighted by atomic mass is 9.66. The standard InChI is InChI=1S/C22H24Cl2N4O3/c23-15-7-16(20(29)17(24)8-15)21(30)27-19-13-6-14(19)10-28(9-13)22-25-5-4-18(26-22)31-11-12-2-1-3-12/h4-5,7-8,12-14,19,29H,1-3,6,9-11H2,(H,27,30). The zero-order valence-electron chi connectivity index (χ0n) is 16.9. The van der Waals surface area contributed by atoms with Crippen LogP contribution in [0.1, 0.15) is 36.0 Å². The first-order valence-corrected chi connectivity index (χ1v) is 11.4. The van der Waals surface area contributed by atoms with E-state index in [9.17, 15) is 9.90 Å². The average molecular weight is 463 g/mol. The molecule has 0 radical (unpaired) electrons. The molecule has 6 rings (SSSR count). The first-order chi connectivity index (χ1) is 15.0. The maximum atomic E-state index is 12.7. The molecule has 2 atom stereocenters. The molecule has 7 nitrogen and oxygen atoms in total. The number of halogens is 2. The van der Waals surface area contributed by atoms with Crippen molar-refractivity contribution < 1.29 is 14.6 Å². The highest BCUT2D eigenvalue weighted by atomic mass is 35.5. The molecule has 3 heterocycles. The summed E-state index contributed by atoms with van der Waals surface area (Å²) in [6.45, 7) is 2.24. The number of phenols is 1. The number of nitrogens with zero attached hydrogens (tertiary/aromatic N) is 3. The molecule has 2 aliphatic carbocycles. The van der Waals surface area contributed by atoms with Crippen molar-refractivity contribution in [3.63, 3.8) is 0 Å². The van der Waals surface area contributed by atoms with Crippen molar-refractivity contribution in [2.45, 2.75) is 31.7 Å². The van der Waals surface area contributed by atoms with Crippen LogP contribution in [0.5, 0.6) is 11.6 Å². The van der Waals surface area contributed by atoms with Gasteiger partial charge in [-0.2, -0.15) is 4.98 Å². The molecule has 2 saturated heterocycles. The summed E-state index contributed by atoms with van der Waals surface area (Å²) in [4.78, 5) is 23.9. The minimum absolute atomic E-state index is 0.0407. The lowest BCUT2D eigenvalue weighted by molar-refractivity contribution is 0.0635. The number of hydrogen-bond donors (Lipinski definition) is 2. The van der Waals surface area contributed by atoms with E-state index in [1.54, 1.807) is 12.3 Å². The fourth-order valence-electron chi connectivity index (χ4n) is 4.68. The van der Waals surface area contributed by atoms with E-state index in [-0.39, 0.29) is 28.3 Å². The number of fused-ring (bicyclic) bond motifs is 2. The zero-order valence-corrected chi connectivity index (χ0v) is 18.4. The highest BCUT2D eigenvalue weighted by Gasteiger charge is 2.48. The summed E-state index contributed by atoms with van der Waals surface area (Å²) in [6, 6.07) is 4.69. The van der Waals surface area contributed by atoms with Crippen molar-refractivity contribution >= 4 is 35.1 Å². The maximum Gasteiger partial charge on any atom is 0.255 e. The summed E-state index contributed by atoms with van der Waals surface area (Å²) in [6.07, 6.45) is 6.55. The van der Waals surface area contributed by atoms with E-state index < -0.39 is 0 Å². The van der Waals surface area contributed by atoms with Gasteiger partial charge in [0.15, 0.2) is 0 Å². The molecule has 2 aliphatic heterocycles. The summed E-state index contributed by atoms with van der Waals surface area (Å²) in [5.41, 5.74) is 0.0963. The van der Waals surface area contributed by atoms with Crippen LogP contribution in [0.2, 0.25) is 10.0 Å². The third-order valence-electron chi connectivity index (χ3n) is 6.69. The predicted molar refractivity (Wildman–Crippen MR) is 118 cm³/mol. The van der Waals surface area contributed by atoms with Gasteiger partial charge >= 0.3 is 0 Å². The summed E-state index contributed by atoms with van der Waals surface area (Å²) >= 11 is 11.9. The molecule has 2 N–H and O–H groups in total. The minimum atomic E-state index is -0.363. The first kappa shape index (κ1) is 20.6. The van der Waals surface area contributed by atoms with Gasteiger partial charge in [-0.05, 0) is 49.1 Å². The molecule has 2 bridgehead atoms. The summed E-state index contributed by atoms with van der Waals surface area (Å²) in [7, 11) is 0. The first-order valence-electron chi connectivity index (χ1n) is 10.7. The second-order valence-corrected chi connectivity index (χ2v) is 9.59. The Hall–Kier alpha value is -2.25. The fourth-order valence-corrected chi connectivity index (χ4v) is 5.18. The number of anilines is 1. The number of ether oxygens (including phenoxy) is 1. The maximum absolute atomic E-state index is 12.7. The number of hydrogen-bond acceptors (Lipinski definition) is 6. The van der Waals surface area contributed by atoms with Gasteiger partial charge in [0.1, 0.15) is 5.75 Å². The molecule has 164 valence electrons. The number of nitrogens with one attached hydrogen (secondary N) is 1. The zero-order chi connectivity index (χ0) is 21.5. The molecule has 9 heteroatoms. The van der Waals surface area contributed by atoms with Crippen LogP contribution in [-0.2, 0) is 0 Å². The Balaban J connectivity index is 1.21. The molecule has 1 aromatic carbocycles. The number of amides is 1. The van der Waals surface area contributed by atoms with Crippen LogP contribution in [0, 0.1) is 17.8 Å². The van der Waals surface area contributed by atoms with Gasteiger partial charge in [0.05, 0.1) is 17.2 Å². The van der Waals surface area contributed by atoms with E-state index in [4.69, 9.17) is 27.9 Å². The van der Waals surface area contributed by atoms with Crippen LogP contribution in [0.4, 0.5) is 5.95 Å². The van der Waals surface area contributed by atoms with Gasteiger partial charge < -0.3 is 20.1 Å². The van der Waals surface area contributed by atoms with Crippen molar-refractivity contribution in [3.05, 3.63) is 40.0 Å². The highest BCUT2D eigenvalue weighted by molar-refractivity contribution is 6.36. The van der Waals surface area contributed by atoms with Gasteiger partial charge in [-0.15, -0.1) is 0 Å². The number of rotatable bonds is 6. The molecule has 31 heavy (non-hydrogen) atoms. The quantitative estimate of drug-likeness (QED) is 0.676. The number of carbonyl (C=O) groups is 1. The highest BCUT2D eigenvalue weighted by Crippen LogP contribution is 2.42. The predicted octanol–water partition coefficient (Wildman–Crippen LogP) is 3.92. The number of phenolic OH excluding ortho intramolecular Hbond substituents is 1. The van der Waals surface area contributed by atoms with Crippen LogP contribution in [0.15, 0.2) is 24.4 Å². The second-order valence-electron chi connectivity index (χ2n) is 8.75. The Bertz CT molecular complexity index is 989. The summed E-state index contributed by atoms with van der Waals surface area (Å²) in [5.74, 6) is 1.92. The normalized spacial score (nSPS) is 24.8. The van der Waals surface area contributed by atoms with Crippen molar-refractivity contribution in [1.29, 1.82) is 0 Å². The smallest absolute Gasteiger partial charge is 0.255 e. The van der Waals surface area contributed by atoms with Crippen molar-refractivity contribution in [3.8, 4) is 11.6 Å². The van der Waals surface area contributed by atoms with Crippen LogP contribution in [0.3, 0.4) is 0 Å². The molecule has 1 aromatic heterocycles. The fraction of sp³-hybridized carbons (Fsp3) is 0.500. The Labute approximate surface area is 190 Å². The largest absolute Gasteiger partial charge is 0.506 e. The number of piperidine rings is 2. The third-order valence-corrected chi connectivity index (χ3v) is 7.20. The molecular formula is C22H24Cl2N4O3. The molecule has 0 spiro atoms. The lowest BCUT2D eigenvalue weighted by Gasteiger charge is -2.53. The molecular weight excluding hydrogens is 439 g/mol. The van der Waals surface area contributed by atoms with E-state index in [1.807, 2.05) is 0 Å². The molecule has 1 amide bonds. The minimum Gasteiger partial charge on any atom is -0.506 e.